The molecule has 0 atom stereocenters. The molecular formula is C4H8N. The largest absolute Gasteiger partial charge is 0.402 e. The maximum absolute atomic E-state index is 4.99. The smallest absolute Gasteiger partial charge is 0.00783 e. The van der Waals surface area contributed by atoms with Crippen molar-refractivity contribution in [3.8, 4) is 0 Å². The van der Waals surface area contributed by atoms with Gasteiger partial charge in [-0.2, -0.15) is 0 Å². The Morgan fingerprint density at radius 2 is 2.20 bits per heavy atom. The summed E-state index contributed by atoms with van der Waals surface area (Å²) in [4.78, 5) is 0. The van der Waals surface area contributed by atoms with Crippen LogP contribution in [0, 0.1) is 6.58 Å². The molecule has 0 amide bonds. The highest BCUT2D eigenvalue weighted by Crippen LogP contribution is 1.78. The van der Waals surface area contributed by atoms with Gasteiger partial charge < -0.3 is 5.73 Å². The van der Waals surface area contributed by atoms with Gasteiger partial charge in [0.15, 0.2) is 0 Å². The van der Waals surface area contributed by atoms with Crippen molar-refractivity contribution in [3.05, 3.63) is 12.3 Å². The second-order valence-electron chi connectivity index (χ2n) is 0.928. The van der Waals surface area contributed by atoms with Crippen molar-refractivity contribution >= 4 is 0 Å². The topological polar surface area (TPSA) is 26.0 Å². The van der Waals surface area contributed by atoms with E-state index in [0.29, 0.717) is 5.70 Å². The minimum absolute atomic E-state index is 0.505. The van der Waals surface area contributed by atoms with Crippen LogP contribution in [-0.4, -0.2) is 0 Å². The minimum atomic E-state index is 0.505. The fourth-order valence-electron chi connectivity index (χ4n) is 0. The number of hydrogen-bond donors (Lipinski definition) is 1. The third-order valence-corrected chi connectivity index (χ3v) is 0.408. The summed E-state index contributed by atoms with van der Waals surface area (Å²) in [5, 5.41) is 0. The molecule has 0 aromatic carbocycles. The van der Waals surface area contributed by atoms with E-state index in [1.165, 1.54) is 0 Å². The molecule has 1 radical (unpaired) electrons. The highest BCUT2D eigenvalue weighted by Gasteiger charge is 1.68. The third kappa shape index (κ3) is 3.54. The van der Waals surface area contributed by atoms with Gasteiger partial charge >= 0.3 is 0 Å². The van der Waals surface area contributed by atoms with Crippen LogP contribution >= 0.6 is 0 Å². The Hall–Kier alpha value is -0.460. The van der Waals surface area contributed by atoms with Crippen molar-refractivity contribution in [1.82, 2.24) is 0 Å². The molecule has 2 N–H and O–H groups in total. The number of allylic oxidation sites excluding steroid dienone is 1. The second-order valence-corrected chi connectivity index (χ2v) is 0.928. The van der Waals surface area contributed by atoms with E-state index < -0.39 is 0 Å². The average Bonchev–Trinajstić information content (AvgIpc) is 1.38. The van der Waals surface area contributed by atoms with Gasteiger partial charge in [0.1, 0.15) is 0 Å². The fraction of sp³-hybridized carbons (Fsp3) is 0.500. The predicted octanol–water partition coefficient (Wildman–Crippen LogP) is 0.672. The molecule has 5 heavy (non-hydrogen) atoms. The van der Waals surface area contributed by atoms with Gasteiger partial charge in [-0.15, -0.1) is 0 Å². The minimum Gasteiger partial charge on any atom is -0.402 e. The summed E-state index contributed by atoms with van der Waals surface area (Å²) in [5.41, 5.74) is 5.49. The summed E-state index contributed by atoms with van der Waals surface area (Å²) in [5.74, 6) is 0. The first-order valence-electron chi connectivity index (χ1n) is 1.64. The maximum atomic E-state index is 4.99. The first-order chi connectivity index (χ1) is 2.27. The fourth-order valence-corrected chi connectivity index (χ4v) is 0. The monoisotopic (exact) mass is 70.1 g/mol. The summed E-state index contributed by atoms with van der Waals surface area (Å²) >= 11 is 0. The molecule has 0 aliphatic heterocycles. The van der Waals surface area contributed by atoms with E-state index in [2.05, 4.69) is 0 Å². The molecule has 0 aromatic rings. The van der Waals surface area contributed by atoms with E-state index >= 15 is 0 Å². The lowest BCUT2D eigenvalue weighted by Crippen LogP contribution is -1.89. The van der Waals surface area contributed by atoms with Gasteiger partial charge in [0, 0.05) is 5.70 Å². The van der Waals surface area contributed by atoms with E-state index in [-0.39, 0.29) is 0 Å². The van der Waals surface area contributed by atoms with Crippen LogP contribution < -0.4 is 5.73 Å². The molecular weight excluding hydrogens is 62.1 g/mol. The first kappa shape index (κ1) is 4.54. The zero-order valence-electron chi connectivity index (χ0n) is 3.36. The Bertz CT molecular complexity index is 38.9. The molecule has 0 spiro atoms. The molecule has 0 fully saturated rings. The van der Waals surface area contributed by atoms with Crippen LogP contribution in [0.5, 0.6) is 0 Å². The molecule has 0 saturated heterocycles. The van der Waals surface area contributed by atoms with Crippen LogP contribution in [0.2, 0.25) is 0 Å². The van der Waals surface area contributed by atoms with Gasteiger partial charge in [0.25, 0.3) is 0 Å². The SMILES string of the molecule is [CH]=C(N)CC. The Morgan fingerprint density at radius 1 is 2.00 bits per heavy atom. The molecule has 0 saturated carbocycles. The molecule has 29 valence electrons. The zero-order chi connectivity index (χ0) is 4.28. The Balaban J connectivity index is 2.85. The van der Waals surface area contributed by atoms with E-state index in [9.17, 15) is 0 Å². The van der Waals surface area contributed by atoms with Crippen molar-refractivity contribution in [1.29, 1.82) is 0 Å². The number of hydrogen-bond acceptors (Lipinski definition) is 1. The van der Waals surface area contributed by atoms with Crippen LogP contribution in [0.15, 0.2) is 5.70 Å². The normalized spacial score (nSPS) is 7.40. The van der Waals surface area contributed by atoms with Gasteiger partial charge in [0.05, 0.1) is 0 Å². The lowest BCUT2D eigenvalue weighted by Gasteiger charge is -1.81. The summed E-state index contributed by atoms with van der Waals surface area (Å²) < 4.78 is 0. The first-order valence-corrected chi connectivity index (χ1v) is 1.64. The van der Waals surface area contributed by atoms with Crippen LogP contribution in [0.25, 0.3) is 0 Å². The summed E-state index contributed by atoms with van der Waals surface area (Å²) in [6.45, 7) is 6.90. The highest BCUT2D eigenvalue weighted by molar-refractivity contribution is 4.78. The maximum Gasteiger partial charge on any atom is 0.00783 e. The standard InChI is InChI=1S/C4H8N/c1-3-4(2)5/h2H,3,5H2,1H3. The zero-order valence-corrected chi connectivity index (χ0v) is 3.36. The molecule has 0 unspecified atom stereocenters. The van der Waals surface area contributed by atoms with Crippen LogP contribution in [0.4, 0.5) is 0 Å². The molecule has 0 bridgehead atoms. The lowest BCUT2D eigenvalue weighted by atomic mass is 10.4. The number of nitrogens with two attached hydrogens (primary N) is 1. The van der Waals surface area contributed by atoms with Crippen LogP contribution in [-0.2, 0) is 0 Å². The van der Waals surface area contributed by atoms with E-state index in [1.54, 1.807) is 0 Å². The second kappa shape index (κ2) is 1.82. The summed E-state index contributed by atoms with van der Waals surface area (Å²) in [7, 11) is 0. The van der Waals surface area contributed by atoms with Gasteiger partial charge in [-0.05, 0) is 13.0 Å². The summed E-state index contributed by atoms with van der Waals surface area (Å²) in [6.07, 6.45) is 0.778. The van der Waals surface area contributed by atoms with Crippen LogP contribution in [0.1, 0.15) is 13.3 Å². The quantitative estimate of drug-likeness (QED) is 0.482. The van der Waals surface area contributed by atoms with Gasteiger partial charge in [0.2, 0.25) is 0 Å². The molecule has 0 heterocycles. The molecule has 0 aliphatic rings. The van der Waals surface area contributed by atoms with Crippen molar-refractivity contribution in [2.45, 2.75) is 13.3 Å². The van der Waals surface area contributed by atoms with Crippen molar-refractivity contribution in [2.24, 2.45) is 5.73 Å². The Morgan fingerprint density at radius 3 is 2.20 bits per heavy atom. The average molecular weight is 70.1 g/mol. The van der Waals surface area contributed by atoms with E-state index in [4.69, 9.17) is 12.3 Å². The van der Waals surface area contributed by atoms with Crippen LogP contribution in [0.3, 0.4) is 0 Å². The van der Waals surface area contributed by atoms with Gasteiger partial charge in [-0.3, -0.25) is 0 Å². The molecule has 0 aromatic heterocycles. The van der Waals surface area contributed by atoms with Gasteiger partial charge in [-0.25, -0.2) is 0 Å². The predicted molar refractivity (Wildman–Crippen MR) is 22.3 cm³/mol. The molecule has 0 rings (SSSR count). The highest BCUT2D eigenvalue weighted by atomic mass is 14.5. The Kier molecular flexibility index (Phi) is 1.65. The van der Waals surface area contributed by atoms with E-state index in [0.717, 1.165) is 6.42 Å². The van der Waals surface area contributed by atoms with Crippen molar-refractivity contribution < 1.29 is 0 Å². The van der Waals surface area contributed by atoms with Gasteiger partial charge in [-0.1, -0.05) is 6.92 Å². The molecule has 1 nitrogen and oxygen atoms in total. The number of rotatable bonds is 1. The molecule has 1 heteroatoms. The van der Waals surface area contributed by atoms with Crippen molar-refractivity contribution in [3.63, 3.8) is 0 Å². The Labute approximate surface area is 32.5 Å². The van der Waals surface area contributed by atoms with E-state index in [1.807, 2.05) is 6.92 Å². The summed E-state index contributed by atoms with van der Waals surface area (Å²) in [6, 6.07) is 0. The molecule has 0 aliphatic carbocycles. The van der Waals surface area contributed by atoms with Crippen molar-refractivity contribution in [2.75, 3.05) is 0 Å². The third-order valence-electron chi connectivity index (χ3n) is 0.408. The lowest BCUT2D eigenvalue weighted by molar-refractivity contribution is 1.07.